The highest BCUT2D eigenvalue weighted by Crippen LogP contribution is 2.37. The lowest BCUT2D eigenvalue weighted by Gasteiger charge is -2.25. The summed E-state index contributed by atoms with van der Waals surface area (Å²) in [4.78, 5) is 36.4. The molecule has 1 aliphatic heterocycles. The SMILES string of the molecule is CC(C)(C(=O)NCc1cc(Cl)c(C2CCC(=O)NC2=O)c(Cl)c1)c1cccc(C#N)c1. The van der Waals surface area contributed by atoms with Crippen molar-refractivity contribution in [3.8, 4) is 6.07 Å². The van der Waals surface area contributed by atoms with Gasteiger partial charge in [-0.3, -0.25) is 19.7 Å². The Labute approximate surface area is 190 Å². The molecule has 3 amide bonds. The molecule has 160 valence electrons. The quantitative estimate of drug-likeness (QED) is 0.663. The van der Waals surface area contributed by atoms with Gasteiger partial charge in [0.25, 0.3) is 0 Å². The van der Waals surface area contributed by atoms with Gasteiger partial charge in [0.15, 0.2) is 0 Å². The Balaban J connectivity index is 1.75. The van der Waals surface area contributed by atoms with E-state index in [1.54, 1.807) is 44.2 Å². The van der Waals surface area contributed by atoms with Crippen molar-refractivity contribution in [3.63, 3.8) is 0 Å². The number of carbonyl (C=O) groups excluding carboxylic acids is 3. The molecule has 3 rings (SSSR count). The zero-order valence-corrected chi connectivity index (χ0v) is 18.6. The van der Waals surface area contributed by atoms with Gasteiger partial charge >= 0.3 is 0 Å². The summed E-state index contributed by atoms with van der Waals surface area (Å²) >= 11 is 12.8. The monoisotopic (exact) mass is 457 g/mol. The second kappa shape index (κ2) is 9.09. The first kappa shape index (κ1) is 22.8. The Morgan fingerprint density at radius 1 is 1.23 bits per heavy atom. The third kappa shape index (κ3) is 4.90. The molecular formula is C23H21Cl2N3O3. The summed E-state index contributed by atoms with van der Waals surface area (Å²) < 4.78 is 0. The van der Waals surface area contributed by atoms with Crippen LogP contribution in [0.15, 0.2) is 36.4 Å². The molecular weight excluding hydrogens is 437 g/mol. The average Bonchev–Trinajstić information content (AvgIpc) is 2.73. The molecule has 0 bridgehead atoms. The number of carbonyl (C=O) groups is 3. The van der Waals surface area contributed by atoms with Gasteiger partial charge in [-0.25, -0.2) is 0 Å². The summed E-state index contributed by atoms with van der Waals surface area (Å²) in [6.45, 7) is 3.75. The minimum Gasteiger partial charge on any atom is -0.351 e. The Morgan fingerprint density at radius 3 is 2.52 bits per heavy atom. The van der Waals surface area contributed by atoms with Crippen molar-refractivity contribution in [3.05, 3.63) is 68.7 Å². The van der Waals surface area contributed by atoms with Crippen molar-refractivity contribution < 1.29 is 14.4 Å². The molecule has 2 aromatic carbocycles. The number of nitrogens with one attached hydrogen (secondary N) is 2. The van der Waals surface area contributed by atoms with Crippen LogP contribution >= 0.6 is 23.2 Å². The number of halogens is 2. The van der Waals surface area contributed by atoms with Crippen LogP contribution in [-0.4, -0.2) is 17.7 Å². The van der Waals surface area contributed by atoms with E-state index < -0.39 is 17.2 Å². The van der Waals surface area contributed by atoms with Gasteiger partial charge in [-0.1, -0.05) is 35.3 Å². The highest BCUT2D eigenvalue weighted by molar-refractivity contribution is 6.36. The molecule has 0 saturated carbocycles. The minimum atomic E-state index is -0.854. The number of hydrogen-bond acceptors (Lipinski definition) is 4. The first-order valence-electron chi connectivity index (χ1n) is 9.74. The molecule has 31 heavy (non-hydrogen) atoms. The van der Waals surface area contributed by atoms with Gasteiger partial charge in [0.05, 0.1) is 23.0 Å². The number of benzene rings is 2. The summed E-state index contributed by atoms with van der Waals surface area (Å²) in [5, 5.41) is 14.9. The lowest BCUT2D eigenvalue weighted by Crippen LogP contribution is -2.40. The highest BCUT2D eigenvalue weighted by atomic mass is 35.5. The largest absolute Gasteiger partial charge is 0.351 e. The smallest absolute Gasteiger partial charge is 0.234 e. The van der Waals surface area contributed by atoms with Crippen molar-refractivity contribution in [2.75, 3.05) is 0 Å². The van der Waals surface area contributed by atoms with Gasteiger partial charge in [-0.15, -0.1) is 0 Å². The van der Waals surface area contributed by atoms with Gasteiger partial charge in [0.1, 0.15) is 0 Å². The van der Waals surface area contributed by atoms with Gasteiger partial charge in [-0.2, -0.15) is 5.26 Å². The molecule has 2 aromatic rings. The molecule has 1 saturated heterocycles. The predicted octanol–water partition coefficient (Wildman–Crippen LogP) is 3.98. The lowest BCUT2D eigenvalue weighted by atomic mass is 9.83. The first-order valence-corrected chi connectivity index (χ1v) is 10.5. The topological polar surface area (TPSA) is 99.1 Å². The van der Waals surface area contributed by atoms with Crippen molar-refractivity contribution >= 4 is 40.9 Å². The average molecular weight is 458 g/mol. The maximum atomic E-state index is 12.9. The van der Waals surface area contributed by atoms with E-state index in [9.17, 15) is 14.4 Å². The van der Waals surface area contributed by atoms with Gasteiger partial charge in [0.2, 0.25) is 17.7 Å². The normalized spacial score (nSPS) is 16.4. The van der Waals surface area contributed by atoms with Gasteiger partial charge < -0.3 is 5.32 Å². The van der Waals surface area contributed by atoms with Crippen LogP contribution in [0, 0.1) is 11.3 Å². The Kier molecular flexibility index (Phi) is 6.68. The van der Waals surface area contributed by atoms with E-state index >= 15 is 0 Å². The van der Waals surface area contributed by atoms with Gasteiger partial charge in [-0.05, 0) is 55.7 Å². The highest BCUT2D eigenvalue weighted by Gasteiger charge is 2.32. The third-order valence-corrected chi connectivity index (χ3v) is 6.09. The molecule has 1 unspecified atom stereocenters. The van der Waals surface area contributed by atoms with Crippen molar-refractivity contribution in [1.29, 1.82) is 5.26 Å². The zero-order valence-electron chi connectivity index (χ0n) is 17.1. The van der Waals surface area contributed by atoms with Crippen molar-refractivity contribution in [1.82, 2.24) is 10.6 Å². The van der Waals surface area contributed by atoms with Crippen LogP contribution in [0.3, 0.4) is 0 Å². The molecule has 2 N–H and O–H groups in total. The fourth-order valence-corrected chi connectivity index (χ4v) is 4.35. The van der Waals surface area contributed by atoms with E-state index in [0.29, 0.717) is 33.2 Å². The van der Waals surface area contributed by atoms with E-state index in [0.717, 1.165) is 5.56 Å². The number of rotatable bonds is 5. The van der Waals surface area contributed by atoms with Crippen LogP contribution < -0.4 is 10.6 Å². The summed E-state index contributed by atoms with van der Waals surface area (Å²) in [6.07, 6.45) is 0.569. The molecule has 1 atom stereocenters. The van der Waals surface area contributed by atoms with E-state index in [-0.39, 0.29) is 24.8 Å². The van der Waals surface area contributed by atoms with Crippen LogP contribution in [0.4, 0.5) is 0 Å². The molecule has 0 aliphatic carbocycles. The summed E-state index contributed by atoms with van der Waals surface area (Å²) in [7, 11) is 0. The Morgan fingerprint density at radius 2 is 1.90 bits per heavy atom. The molecule has 1 fully saturated rings. The van der Waals surface area contributed by atoms with Crippen LogP contribution in [0.1, 0.15) is 54.9 Å². The minimum absolute atomic E-state index is 0.190. The predicted molar refractivity (Wildman–Crippen MR) is 118 cm³/mol. The molecule has 1 heterocycles. The molecule has 0 radical (unpaired) electrons. The Bertz CT molecular complexity index is 1080. The van der Waals surface area contributed by atoms with Crippen LogP contribution in [0.2, 0.25) is 10.0 Å². The maximum Gasteiger partial charge on any atom is 0.234 e. The second-order valence-corrected chi connectivity index (χ2v) is 8.79. The third-order valence-electron chi connectivity index (χ3n) is 5.46. The number of piperidine rings is 1. The van der Waals surface area contributed by atoms with E-state index in [2.05, 4.69) is 16.7 Å². The summed E-state index contributed by atoms with van der Waals surface area (Å²) in [5.41, 5.74) is 1.53. The van der Waals surface area contributed by atoms with Crippen molar-refractivity contribution in [2.24, 2.45) is 0 Å². The molecule has 1 aliphatic rings. The van der Waals surface area contributed by atoms with Crippen LogP contribution in [0.5, 0.6) is 0 Å². The fraction of sp³-hybridized carbons (Fsp3) is 0.304. The Hall–Kier alpha value is -2.88. The standard InChI is InChI=1S/C23H21Cl2N3O3/c1-23(2,15-5-3-4-13(8-15)11-26)22(31)27-12-14-9-17(24)20(18(25)10-14)16-6-7-19(29)28-21(16)30/h3-5,8-10,16H,6-7,12H2,1-2H3,(H,27,31)(H,28,29,30). The lowest BCUT2D eigenvalue weighted by molar-refractivity contribution is -0.134. The van der Waals surface area contributed by atoms with Crippen LogP contribution in [-0.2, 0) is 26.3 Å². The second-order valence-electron chi connectivity index (χ2n) is 7.98. The summed E-state index contributed by atoms with van der Waals surface area (Å²) in [5.74, 6) is -1.53. The number of imide groups is 1. The maximum absolute atomic E-state index is 12.9. The molecule has 0 spiro atoms. The number of hydrogen-bond donors (Lipinski definition) is 2. The molecule has 0 aromatic heterocycles. The summed E-state index contributed by atoms with van der Waals surface area (Å²) in [6, 6.07) is 12.3. The zero-order chi connectivity index (χ0) is 22.8. The van der Waals surface area contributed by atoms with Crippen LogP contribution in [0.25, 0.3) is 0 Å². The van der Waals surface area contributed by atoms with E-state index in [1.165, 1.54) is 0 Å². The number of nitriles is 1. The van der Waals surface area contributed by atoms with E-state index in [1.807, 2.05) is 6.07 Å². The van der Waals surface area contributed by atoms with Gasteiger partial charge in [0, 0.05) is 28.6 Å². The number of amides is 3. The first-order chi connectivity index (χ1) is 14.6. The molecule has 8 heteroatoms. The molecule has 6 nitrogen and oxygen atoms in total. The fourth-order valence-electron chi connectivity index (χ4n) is 3.55. The van der Waals surface area contributed by atoms with Crippen molar-refractivity contribution in [2.45, 2.75) is 44.6 Å². The van der Waals surface area contributed by atoms with E-state index in [4.69, 9.17) is 28.5 Å². The number of nitrogens with zero attached hydrogens (tertiary/aromatic N) is 1.